The van der Waals surface area contributed by atoms with Crippen molar-refractivity contribution >= 4 is 57.2 Å². The maximum atomic E-state index is 13.2. The van der Waals surface area contributed by atoms with Crippen LogP contribution in [0.25, 0.3) is 6.08 Å². The standard InChI is InChI=1S/C22H16IN3O2S/c23-18-11-15(8-9-19(18)27)12-20-21(28)26(14-16-5-4-10-24-13-16)22(29-20)25-17-6-2-1-3-7-17/h1-13,27H,14H2/b20-12-,25-22?. The second-order valence-electron chi connectivity index (χ2n) is 6.30. The Morgan fingerprint density at radius 1 is 1.14 bits per heavy atom. The number of hydrogen-bond acceptors (Lipinski definition) is 5. The lowest BCUT2D eigenvalue weighted by Gasteiger charge is -2.15. The quantitative estimate of drug-likeness (QED) is 0.385. The van der Waals surface area contributed by atoms with Crippen molar-refractivity contribution < 1.29 is 9.90 Å². The van der Waals surface area contributed by atoms with E-state index in [1.54, 1.807) is 29.4 Å². The second-order valence-corrected chi connectivity index (χ2v) is 8.48. The first kappa shape index (κ1) is 19.7. The van der Waals surface area contributed by atoms with Crippen LogP contribution in [0.1, 0.15) is 11.1 Å². The Kier molecular flexibility index (Phi) is 5.96. The highest BCUT2D eigenvalue weighted by molar-refractivity contribution is 14.1. The van der Waals surface area contributed by atoms with Gasteiger partial charge in [-0.15, -0.1) is 0 Å². The van der Waals surface area contributed by atoms with E-state index < -0.39 is 0 Å². The number of phenolic OH excluding ortho intramolecular Hbond substituents is 1. The molecule has 0 atom stereocenters. The molecule has 2 heterocycles. The maximum Gasteiger partial charge on any atom is 0.267 e. The fraction of sp³-hybridized carbons (Fsp3) is 0.0455. The van der Waals surface area contributed by atoms with E-state index in [-0.39, 0.29) is 11.7 Å². The van der Waals surface area contributed by atoms with Crippen LogP contribution in [0.15, 0.2) is 83.0 Å². The van der Waals surface area contributed by atoms with Crippen molar-refractivity contribution in [3.05, 3.63) is 92.7 Å². The largest absolute Gasteiger partial charge is 0.507 e. The van der Waals surface area contributed by atoms with Gasteiger partial charge >= 0.3 is 0 Å². The molecule has 1 aromatic heterocycles. The van der Waals surface area contributed by atoms with Gasteiger partial charge in [0, 0.05) is 12.4 Å². The Hall–Kier alpha value is -2.65. The molecular weight excluding hydrogens is 497 g/mol. The molecule has 0 bridgehead atoms. The molecule has 0 aliphatic carbocycles. The lowest BCUT2D eigenvalue weighted by atomic mass is 10.2. The van der Waals surface area contributed by atoms with Crippen molar-refractivity contribution in [3.8, 4) is 5.75 Å². The topological polar surface area (TPSA) is 65.8 Å². The van der Waals surface area contributed by atoms with E-state index in [9.17, 15) is 9.90 Å². The van der Waals surface area contributed by atoms with Crippen LogP contribution in [0.3, 0.4) is 0 Å². The van der Waals surface area contributed by atoms with Gasteiger partial charge in [-0.05, 0) is 81.9 Å². The van der Waals surface area contributed by atoms with Crippen LogP contribution < -0.4 is 0 Å². The number of carbonyl (C=O) groups is 1. The molecule has 0 radical (unpaired) electrons. The summed E-state index contributed by atoms with van der Waals surface area (Å²) in [7, 11) is 0. The number of hydrogen-bond donors (Lipinski definition) is 1. The highest BCUT2D eigenvalue weighted by Gasteiger charge is 2.33. The number of para-hydroxylation sites is 1. The minimum Gasteiger partial charge on any atom is -0.507 e. The number of aromatic hydroxyl groups is 1. The zero-order valence-corrected chi connectivity index (χ0v) is 18.2. The third kappa shape index (κ3) is 4.68. The highest BCUT2D eigenvalue weighted by Crippen LogP contribution is 2.35. The van der Waals surface area contributed by atoms with E-state index >= 15 is 0 Å². The van der Waals surface area contributed by atoms with Gasteiger partial charge < -0.3 is 5.11 Å². The number of amidine groups is 1. The van der Waals surface area contributed by atoms with Crippen molar-refractivity contribution in [1.82, 2.24) is 9.88 Å². The van der Waals surface area contributed by atoms with Crippen molar-refractivity contribution in [2.75, 3.05) is 0 Å². The fourth-order valence-electron chi connectivity index (χ4n) is 2.78. The highest BCUT2D eigenvalue weighted by atomic mass is 127. The number of halogens is 1. The van der Waals surface area contributed by atoms with Gasteiger partial charge in [-0.2, -0.15) is 0 Å². The number of benzene rings is 2. The van der Waals surface area contributed by atoms with E-state index in [1.165, 1.54) is 11.8 Å². The lowest BCUT2D eigenvalue weighted by Crippen LogP contribution is -2.28. The van der Waals surface area contributed by atoms with Gasteiger partial charge in [0.05, 0.1) is 20.7 Å². The Balaban J connectivity index is 1.70. The zero-order valence-electron chi connectivity index (χ0n) is 15.2. The first-order valence-electron chi connectivity index (χ1n) is 8.83. The molecule has 1 fully saturated rings. The molecule has 1 saturated heterocycles. The molecule has 144 valence electrons. The number of aliphatic imine (C=N–C) groups is 1. The minimum absolute atomic E-state index is 0.100. The third-order valence-electron chi connectivity index (χ3n) is 4.20. The molecule has 7 heteroatoms. The average Bonchev–Trinajstić information content (AvgIpc) is 3.01. The first-order valence-corrected chi connectivity index (χ1v) is 10.7. The molecule has 5 nitrogen and oxygen atoms in total. The molecule has 29 heavy (non-hydrogen) atoms. The van der Waals surface area contributed by atoms with Crippen LogP contribution in [0, 0.1) is 3.57 Å². The van der Waals surface area contributed by atoms with E-state index in [0.29, 0.717) is 16.6 Å². The third-order valence-corrected chi connectivity index (χ3v) is 6.07. The van der Waals surface area contributed by atoms with Crippen molar-refractivity contribution in [1.29, 1.82) is 0 Å². The number of thioether (sulfide) groups is 1. The summed E-state index contributed by atoms with van der Waals surface area (Å²) in [6, 6.07) is 18.6. The van der Waals surface area contributed by atoms with E-state index in [4.69, 9.17) is 4.99 Å². The summed E-state index contributed by atoms with van der Waals surface area (Å²) in [5.41, 5.74) is 2.58. The Labute approximate surface area is 186 Å². The van der Waals surface area contributed by atoms with E-state index in [1.807, 2.05) is 54.6 Å². The molecule has 1 N–H and O–H groups in total. The molecule has 3 aromatic rings. The summed E-state index contributed by atoms with van der Waals surface area (Å²) in [4.78, 5) is 24.2. The molecule has 0 saturated carbocycles. The van der Waals surface area contributed by atoms with Crippen molar-refractivity contribution in [2.24, 2.45) is 4.99 Å². The molecule has 1 amide bonds. The molecule has 0 unspecified atom stereocenters. The van der Waals surface area contributed by atoms with Crippen LogP contribution in [-0.2, 0) is 11.3 Å². The van der Waals surface area contributed by atoms with Crippen LogP contribution in [-0.4, -0.2) is 26.1 Å². The Morgan fingerprint density at radius 3 is 2.69 bits per heavy atom. The summed E-state index contributed by atoms with van der Waals surface area (Å²) in [6.45, 7) is 0.399. The van der Waals surface area contributed by atoms with Crippen LogP contribution in [0.5, 0.6) is 5.75 Å². The molecule has 1 aliphatic rings. The fourth-order valence-corrected chi connectivity index (χ4v) is 4.32. The minimum atomic E-state index is -0.100. The Morgan fingerprint density at radius 2 is 1.97 bits per heavy atom. The number of aromatic nitrogens is 1. The summed E-state index contributed by atoms with van der Waals surface area (Å²) < 4.78 is 0.734. The van der Waals surface area contributed by atoms with Gasteiger partial charge in [0.1, 0.15) is 5.75 Å². The number of phenols is 1. The number of nitrogens with zero attached hydrogens (tertiary/aromatic N) is 3. The van der Waals surface area contributed by atoms with E-state index in [0.717, 1.165) is 20.4 Å². The average molecular weight is 513 g/mol. The smallest absolute Gasteiger partial charge is 0.267 e. The lowest BCUT2D eigenvalue weighted by molar-refractivity contribution is -0.122. The molecule has 1 aliphatic heterocycles. The van der Waals surface area contributed by atoms with Gasteiger partial charge in [-0.3, -0.25) is 14.7 Å². The monoisotopic (exact) mass is 513 g/mol. The van der Waals surface area contributed by atoms with Crippen molar-refractivity contribution in [3.63, 3.8) is 0 Å². The summed E-state index contributed by atoms with van der Waals surface area (Å²) in [6.07, 6.45) is 5.29. The normalized spacial score (nSPS) is 16.7. The van der Waals surface area contributed by atoms with Crippen molar-refractivity contribution in [2.45, 2.75) is 6.54 Å². The van der Waals surface area contributed by atoms with E-state index in [2.05, 4.69) is 27.6 Å². The van der Waals surface area contributed by atoms with Gasteiger partial charge in [0.15, 0.2) is 5.17 Å². The maximum absolute atomic E-state index is 13.2. The number of rotatable bonds is 4. The van der Waals surface area contributed by atoms with Gasteiger partial charge in [0.2, 0.25) is 0 Å². The van der Waals surface area contributed by atoms with Gasteiger partial charge in [0.25, 0.3) is 5.91 Å². The summed E-state index contributed by atoms with van der Waals surface area (Å²) in [5.74, 6) is 0.124. The predicted octanol–water partition coefficient (Wildman–Crippen LogP) is 5.20. The molecule has 0 spiro atoms. The SMILES string of the molecule is O=C1/C(=C/c2ccc(O)c(I)c2)SC(=Nc2ccccc2)N1Cc1cccnc1. The number of pyridine rings is 1. The van der Waals surface area contributed by atoms with Crippen LogP contribution in [0.2, 0.25) is 0 Å². The number of amides is 1. The summed E-state index contributed by atoms with van der Waals surface area (Å²) in [5, 5.41) is 10.4. The molecule has 4 rings (SSSR count). The van der Waals surface area contributed by atoms with Crippen LogP contribution >= 0.6 is 34.4 Å². The predicted molar refractivity (Wildman–Crippen MR) is 125 cm³/mol. The Bertz CT molecular complexity index is 1100. The molecular formula is C22H16IN3O2S. The van der Waals surface area contributed by atoms with Crippen LogP contribution in [0.4, 0.5) is 5.69 Å². The second kappa shape index (κ2) is 8.79. The molecule has 2 aromatic carbocycles. The van der Waals surface area contributed by atoms with Gasteiger partial charge in [-0.1, -0.05) is 30.3 Å². The number of carbonyl (C=O) groups excluding carboxylic acids is 1. The zero-order chi connectivity index (χ0) is 20.2. The van der Waals surface area contributed by atoms with Gasteiger partial charge in [-0.25, -0.2) is 4.99 Å². The first-order chi connectivity index (χ1) is 14.1. The summed E-state index contributed by atoms with van der Waals surface area (Å²) >= 11 is 3.42.